The number of nitrogens with zero attached hydrogens (tertiary/aromatic N) is 1. The van der Waals surface area contributed by atoms with Gasteiger partial charge in [0.1, 0.15) is 5.75 Å². The van der Waals surface area contributed by atoms with Crippen molar-refractivity contribution < 1.29 is 30.8 Å². The summed E-state index contributed by atoms with van der Waals surface area (Å²) in [5, 5.41) is 3.69. The summed E-state index contributed by atoms with van der Waals surface area (Å²) in [6.45, 7) is -0.562. The van der Waals surface area contributed by atoms with Crippen LogP contribution in [0.15, 0.2) is 58.8 Å². The molecule has 0 unspecified atom stereocenters. The summed E-state index contributed by atoms with van der Waals surface area (Å²) in [5.41, 5.74) is -1.30. The van der Waals surface area contributed by atoms with Gasteiger partial charge in [0.2, 0.25) is 10.0 Å². The van der Waals surface area contributed by atoms with Crippen LogP contribution in [0.5, 0.6) is 5.75 Å². The molecule has 0 aromatic heterocycles. The van der Waals surface area contributed by atoms with E-state index in [0.29, 0.717) is 21.9 Å². The number of carbonyl (C=O) groups is 1. The molecule has 35 heavy (non-hydrogen) atoms. The molecule has 2 aromatic carbocycles. The van der Waals surface area contributed by atoms with E-state index in [1.807, 2.05) is 0 Å². The van der Waals surface area contributed by atoms with Gasteiger partial charge in [0, 0.05) is 54.7 Å². The molecule has 0 radical (unpaired) electrons. The van der Waals surface area contributed by atoms with Crippen LogP contribution in [0.25, 0.3) is 11.1 Å². The number of hydrogen-bond acceptors (Lipinski definition) is 6. The van der Waals surface area contributed by atoms with Gasteiger partial charge in [0.05, 0.1) is 12.0 Å². The third kappa shape index (κ3) is 6.60. The van der Waals surface area contributed by atoms with Gasteiger partial charge in [-0.15, -0.1) is 0 Å². The van der Waals surface area contributed by atoms with Gasteiger partial charge >= 0.3 is 0 Å². The normalized spacial score (nSPS) is 16.8. The number of amides is 1. The van der Waals surface area contributed by atoms with Gasteiger partial charge in [-0.2, -0.15) is 4.31 Å². The first-order chi connectivity index (χ1) is 16.4. The number of piperidine rings is 1. The number of alkyl halides is 1. The Balaban J connectivity index is 1.79. The Hall–Kier alpha value is -2.47. The van der Waals surface area contributed by atoms with Crippen LogP contribution >= 0.6 is 11.6 Å². The fourth-order valence-corrected chi connectivity index (χ4v) is 5.99. The zero-order valence-electron chi connectivity index (χ0n) is 19.2. The quantitative estimate of drug-likeness (QED) is 0.546. The molecule has 12 heteroatoms. The molecule has 0 spiro atoms. The van der Waals surface area contributed by atoms with Crippen molar-refractivity contribution in [3.8, 4) is 16.9 Å². The molecular formula is C23H26ClFN2O6S2. The van der Waals surface area contributed by atoms with Gasteiger partial charge in [-0.05, 0) is 35.9 Å². The van der Waals surface area contributed by atoms with Gasteiger partial charge in [-0.1, -0.05) is 29.8 Å². The summed E-state index contributed by atoms with van der Waals surface area (Å²) >= 11 is 6.11. The van der Waals surface area contributed by atoms with Gasteiger partial charge < -0.3 is 10.1 Å². The largest absolute Gasteiger partial charge is 0.497 e. The summed E-state index contributed by atoms with van der Waals surface area (Å²) < 4.78 is 70.9. The molecule has 3 rings (SSSR count). The smallest absolute Gasteiger partial charge is 0.258 e. The zero-order chi connectivity index (χ0) is 25.9. The molecule has 8 nitrogen and oxygen atoms in total. The van der Waals surface area contributed by atoms with Crippen LogP contribution in [-0.4, -0.2) is 65.7 Å². The number of nitrogens with one attached hydrogen (secondary N) is 1. The lowest BCUT2D eigenvalue weighted by molar-refractivity contribution is -0.135. The zero-order valence-corrected chi connectivity index (χ0v) is 21.6. The van der Waals surface area contributed by atoms with E-state index in [0.717, 1.165) is 16.0 Å². The van der Waals surface area contributed by atoms with Crippen molar-refractivity contribution in [2.75, 3.05) is 33.0 Å². The molecule has 2 aromatic rings. The Bertz CT molecular complexity index is 1340. The lowest BCUT2D eigenvalue weighted by Gasteiger charge is -2.35. The standard InChI is InChI=1S/C23H26ClFN2O6S2/c1-33-19-7-8-21(20(16-19)17-5-3-6-18(24)15-17)35(31,32)27-12-9-23(25,10-13-27)22(28)26-11-4-14-34(2,29)30/h3-8,14-16H,9-13H2,1-2H3,(H,26,28)/b14-4+. The van der Waals surface area contributed by atoms with E-state index in [4.69, 9.17) is 16.3 Å². The fourth-order valence-electron chi connectivity index (χ4n) is 3.72. The van der Waals surface area contributed by atoms with Crippen molar-refractivity contribution >= 4 is 37.4 Å². The molecule has 1 N–H and O–H groups in total. The summed E-state index contributed by atoms with van der Waals surface area (Å²) in [6.07, 6.45) is 1.53. The Morgan fingerprint density at radius 1 is 1.17 bits per heavy atom. The average Bonchev–Trinajstić information content (AvgIpc) is 2.81. The van der Waals surface area contributed by atoms with Gasteiger partial charge in [0.15, 0.2) is 15.5 Å². The molecular weight excluding hydrogens is 519 g/mol. The van der Waals surface area contributed by atoms with E-state index in [2.05, 4.69) is 5.32 Å². The Morgan fingerprint density at radius 3 is 2.46 bits per heavy atom. The first-order valence-corrected chi connectivity index (χ1v) is 14.4. The number of carbonyl (C=O) groups excluding carboxylic acids is 1. The van der Waals surface area contributed by atoms with E-state index in [9.17, 15) is 21.6 Å². The van der Waals surface area contributed by atoms with Crippen LogP contribution in [0.1, 0.15) is 12.8 Å². The maximum atomic E-state index is 15.3. The predicted octanol–water partition coefficient (Wildman–Crippen LogP) is 3.18. The van der Waals surface area contributed by atoms with Crippen molar-refractivity contribution in [3.05, 3.63) is 59.0 Å². The minimum atomic E-state index is -4.03. The second-order valence-electron chi connectivity index (χ2n) is 8.15. The minimum absolute atomic E-state index is 0.0160. The molecule has 1 aliphatic rings. The van der Waals surface area contributed by atoms with Crippen molar-refractivity contribution in [3.63, 3.8) is 0 Å². The van der Waals surface area contributed by atoms with Crippen LogP contribution in [0.2, 0.25) is 5.02 Å². The highest BCUT2D eigenvalue weighted by atomic mass is 35.5. The highest BCUT2D eigenvalue weighted by Crippen LogP contribution is 2.36. The molecule has 1 aliphatic heterocycles. The molecule has 0 aliphatic carbocycles. The number of ether oxygens (including phenoxy) is 1. The molecule has 0 atom stereocenters. The lowest BCUT2D eigenvalue weighted by atomic mass is 9.93. The topological polar surface area (TPSA) is 110 Å². The molecule has 1 amide bonds. The fraction of sp³-hybridized carbons (Fsp3) is 0.348. The van der Waals surface area contributed by atoms with E-state index >= 15 is 4.39 Å². The van der Waals surface area contributed by atoms with Gasteiger partial charge in [0.25, 0.3) is 5.91 Å². The SMILES string of the molecule is COc1ccc(S(=O)(=O)N2CCC(F)(C(=O)NC/C=C/S(C)(=O)=O)CC2)c(-c2cccc(Cl)c2)c1. The van der Waals surface area contributed by atoms with E-state index in [1.54, 1.807) is 30.3 Å². The van der Waals surface area contributed by atoms with Gasteiger partial charge in [-0.25, -0.2) is 21.2 Å². The van der Waals surface area contributed by atoms with E-state index in [-0.39, 0.29) is 37.4 Å². The van der Waals surface area contributed by atoms with Crippen LogP contribution in [0.4, 0.5) is 4.39 Å². The summed E-state index contributed by atoms with van der Waals surface area (Å²) in [6, 6.07) is 11.3. The third-order valence-corrected chi connectivity index (χ3v) is 8.46. The maximum absolute atomic E-state index is 15.3. The van der Waals surface area contributed by atoms with E-state index < -0.39 is 31.4 Å². The minimum Gasteiger partial charge on any atom is -0.497 e. The van der Waals surface area contributed by atoms with Crippen LogP contribution in [0.3, 0.4) is 0 Å². The number of sulfone groups is 1. The number of halogens is 2. The second-order valence-corrected chi connectivity index (χ2v) is 12.4. The Kier molecular flexibility index (Phi) is 8.25. The number of hydrogen-bond donors (Lipinski definition) is 1. The Labute approximate surface area is 209 Å². The molecule has 1 heterocycles. The average molecular weight is 545 g/mol. The monoisotopic (exact) mass is 544 g/mol. The van der Waals surface area contributed by atoms with Crippen LogP contribution < -0.4 is 10.1 Å². The van der Waals surface area contributed by atoms with Crippen molar-refractivity contribution in [2.24, 2.45) is 0 Å². The van der Waals surface area contributed by atoms with Crippen molar-refractivity contribution in [2.45, 2.75) is 23.4 Å². The van der Waals surface area contributed by atoms with Crippen molar-refractivity contribution in [1.82, 2.24) is 9.62 Å². The van der Waals surface area contributed by atoms with Gasteiger partial charge in [-0.3, -0.25) is 4.79 Å². The number of rotatable bonds is 8. The lowest BCUT2D eigenvalue weighted by Crippen LogP contribution is -2.52. The van der Waals surface area contributed by atoms with Crippen LogP contribution in [0, 0.1) is 0 Å². The summed E-state index contributed by atoms with van der Waals surface area (Å²) in [7, 11) is -5.92. The highest BCUT2D eigenvalue weighted by molar-refractivity contribution is 7.93. The second kappa shape index (κ2) is 10.7. The molecule has 190 valence electrons. The predicted molar refractivity (Wildman–Crippen MR) is 132 cm³/mol. The van der Waals surface area contributed by atoms with E-state index in [1.165, 1.54) is 25.3 Å². The van der Waals surface area contributed by atoms with Crippen molar-refractivity contribution in [1.29, 1.82) is 0 Å². The third-order valence-electron chi connectivity index (χ3n) is 5.59. The maximum Gasteiger partial charge on any atom is 0.258 e. The summed E-state index contributed by atoms with van der Waals surface area (Å²) in [4.78, 5) is 12.4. The molecule has 1 fully saturated rings. The number of benzene rings is 2. The molecule has 1 saturated heterocycles. The first-order valence-electron chi connectivity index (χ1n) is 10.6. The number of sulfonamides is 1. The van der Waals surface area contributed by atoms with Crippen LogP contribution in [-0.2, 0) is 24.7 Å². The Morgan fingerprint density at radius 2 is 1.86 bits per heavy atom. The first kappa shape index (κ1) is 27.1. The molecule has 0 bridgehead atoms. The summed E-state index contributed by atoms with van der Waals surface area (Å²) in [5.74, 6) is -0.446. The number of methoxy groups -OCH3 is 1. The molecule has 0 saturated carbocycles. The highest BCUT2D eigenvalue weighted by Gasteiger charge is 2.44.